The van der Waals surface area contributed by atoms with Crippen molar-refractivity contribution in [2.45, 2.75) is 69.9 Å². The summed E-state index contributed by atoms with van der Waals surface area (Å²) in [6, 6.07) is 12.3. The first-order valence-corrected chi connectivity index (χ1v) is 23.2. The summed E-state index contributed by atoms with van der Waals surface area (Å²) in [5.74, 6) is -1.97. The largest absolute Gasteiger partial charge is 0.491 e. The van der Waals surface area contributed by atoms with Gasteiger partial charge in [-0.1, -0.05) is 30.7 Å². The zero-order valence-electron chi connectivity index (χ0n) is 37.2. The van der Waals surface area contributed by atoms with Crippen molar-refractivity contribution in [2.24, 2.45) is 0 Å². The Labute approximate surface area is 392 Å². The van der Waals surface area contributed by atoms with Gasteiger partial charge in [0, 0.05) is 81.0 Å². The first kappa shape index (κ1) is 47.0. The zero-order chi connectivity index (χ0) is 47.0. The normalized spacial score (nSPS) is 18.2. The van der Waals surface area contributed by atoms with Gasteiger partial charge in [0.15, 0.2) is 0 Å². The molecule has 5 heterocycles. The molecule has 352 valence electrons. The van der Waals surface area contributed by atoms with Crippen LogP contribution in [0.2, 0.25) is 5.02 Å². The average Bonchev–Trinajstić information content (AvgIpc) is 3.59. The van der Waals surface area contributed by atoms with Crippen LogP contribution in [0.1, 0.15) is 78.5 Å². The van der Waals surface area contributed by atoms with E-state index in [-0.39, 0.29) is 34.9 Å². The van der Waals surface area contributed by atoms with Gasteiger partial charge in [-0.25, -0.2) is 14.4 Å². The highest BCUT2D eigenvalue weighted by atomic mass is 35.5. The molecule has 1 aromatic heterocycles. The SMILES string of the molecule is C=CC(=O)Nc1cc2c(Nc3ccc(F)c(Cl)c3)ncnc2cc1OCCCN1CCC(N2CCN(C(=O)CCCCCNc3cccc4c3C(=O)N(C3CCC(=O)NC3=O)C4=O)CC2)CC1. The topological polar surface area (TPSA) is 199 Å². The lowest BCUT2D eigenvalue weighted by Crippen LogP contribution is -2.54. The van der Waals surface area contributed by atoms with Gasteiger partial charge < -0.3 is 30.5 Å². The number of imide groups is 2. The molecule has 0 bridgehead atoms. The second kappa shape index (κ2) is 21.4. The summed E-state index contributed by atoms with van der Waals surface area (Å²) in [6.07, 6.45) is 8.46. The molecule has 0 spiro atoms. The number of amides is 6. The predicted octanol–water partition coefficient (Wildman–Crippen LogP) is 5.74. The molecule has 19 heteroatoms. The van der Waals surface area contributed by atoms with E-state index in [1.807, 2.05) is 4.90 Å². The van der Waals surface area contributed by atoms with Crippen LogP contribution in [0, 0.1) is 5.82 Å². The van der Waals surface area contributed by atoms with E-state index in [4.69, 9.17) is 16.3 Å². The van der Waals surface area contributed by atoms with Crippen molar-refractivity contribution in [2.75, 3.05) is 74.9 Å². The molecule has 4 N–H and O–H groups in total. The molecule has 3 saturated heterocycles. The van der Waals surface area contributed by atoms with Crippen LogP contribution in [0.25, 0.3) is 10.9 Å². The number of ether oxygens (including phenoxy) is 1. The number of aromatic nitrogens is 2. The lowest BCUT2D eigenvalue weighted by molar-refractivity contribution is -0.136. The van der Waals surface area contributed by atoms with Gasteiger partial charge in [-0.2, -0.15) is 0 Å². The minimum atomic E-state index is -1.01. The van der Waals surface area contributed by atoms with Gasteiger partial charge in [-0.15, -0.1) is 0 Å². The summed E-state index contributed by atoms with van der Waals surface area (Å²) in [5, 5.41) is 12.1. The number of piperazine rings is 1. The Morgan fingerprint density at radius 3 is 2.48 bits per heavy atom. The average molecular weight is 937 g/mol. The van der Waals surface area contributed by atoms with Crippen molar-refractivity contribution in [3.05, 3.63) is 89.5 Å². The molecule has 1 atom stereocenters. The molecule has 8 rings (SSSR count). The molecule has 1 unspecified atom stereocenters. The second-order valence-electron chi connectivity index (χ2n) is 17.1. The number of benzene rings is 3. The number of likely N-dealkylation sites (tertiary alicyclic amines) is 1. The Hall–Kier alpha value is -6.50. The van der Waals surface area contributed by atoms with E-state index in [9.17, 15) is 33.2 Å². The van der Waals surface area contributed by atoms with Crippen LogP contribution < -0.4 is 26.0 Å². The highest BCUT2D eigenvalue weighted by molar-refractivity contribution is 6.31. The molecule has 6 amide bonds. The number of anilines is 4. The Balaban J connectivity index is 0.721. The molecule has 4 aromatic rings. The zero-order valence-corrected chi connectivity index (χ0v) is 37.9. The third kappa shape index (κ3) is 11.0. The summed E-state index contributed by atoms with van der Waals surface area (Å²) >= 11 is 5.98. The van der Waals surface area contributed by atoms with Crippen LogP contribution in [-0.4, -0.2) is 136 Å². The number of carbonyl (C=O) groups excluding carboxylic acids is 6. The first-order valence-electron chi connectivity index (χ1n) is 22.9. The minimum absolute atomic E-state index is 0.0267. The van der Waals surface area contributed by atoms with Crippen molar-refractivity contribution in [1.29, 1.82) is 0 Å². The van der Waals surface area contributed by atoms with Gasteiger partial charge in [0.05, 0.1) is 34.0 Å². The molecule has 0 radical (unpaired) electrons. The lowest BCUT2D eigenvalue weighted by atomic mass is 10.0. The number of rotatable bonds is 18. The first-order chi connectivity index (χ1) is 32.5. The number of hydrogen-bond donors (Lipinski definition) is 4. The summed E-state index contributed by atoms with van der Waals surface area (Å²) in [4.78, 5) is 92.8. The quantitative estimate of drug-likeness (QED) is 0.0536. The lowest BCUT2D eigenvalue weighted by Gasteiger charge is -2.42. The standard InChI is InChI=1S/C48H54ClFN10O7/c1-2-41(61)55-38-27-33-37(52-29-53-45(33)54-30-11-12-35(50)34(49)26-30)28-40(38)67-25-7-18-57-19-15-31(16-20-57)58-21-23-59(24-22-58)43(63)10-4-3-5-17-51-36-9-6-8-32-44(36)48(66)60(47(32)65)39-13-14-42(62)56-46(39)64/h2,6,8-9,11-12,26-29,31,39,51H,1,3-5,7,10,13-25H2,(H,55,61)(H,52,53,54)(H,56,62,64). The minimum Gasteiger partial charge on any atom is -0.491 e. The van der Waals surface area contributed by atoms with Crippen molar-refractivity contribution in [3.63, 3.8) is 0 Å². The fourth-order valence-electron chi connectivity index (χ4n) is 9.23. The molecule has 0 aliphatic carbocycles. The maximum Gasteiger partial charge on any atom is 0.264 e. The molecular formula is C48H54ClFN10O7. The van der Waals surface area contributed by atoms with Crippen molar-refractivity contribution in [3.8, 4) is 5.75 Å². The van der Waals surface area contributed by atoms with Crippen molar-refractivity contribution < 1.29 is 37.9 Å². The molecule has 4 aliphatic heterocycles. The Kier molecular flexibility index (Phi) is 15.0. The third-order valence-corrected chi connectivity index (χ3v) is 13.1. The number of fused-ring (bicyclic) bond motifs is 2. The highest BCUT2D eigenvalue weighted by Crippen LogP contribution is 2.35. The molecule has 4 aliphatic rings. The predicted molar refractivity (Wildman–Crippen MR) is 251 cm³/mol. The van der Waals surface area contributed by atoms with Gasteiger partial charge in [0.25, 0.3) is 11.8 Å². The Bertz CT molecular complexity index is 2560. The molecular weight excluding hydrogens is 883 g/mol. The second-order valence-corrected chi connectivity index (χ2v) is 17.5. The maximum absolute atomic E-state index is 13.8. The molecule has 67 heavy (non-hydrogen) atoms. The summed E-state index contributed by atoms with van der Waals surface area (Å²) in [7, 11) is 0. The van der Waals surface area contributed by atoms with Gasteiger partial charge in [0.2, 0.25) is 23.6 Å². The summed E-state index contributed by atoms with van der Waals surface area (Å²) < 4.78 is 20.0. The third-order valence-electron chi connectivity index (χ3n) is 12.8. The molecule has 0 saturated carbocycles. The molecule has 17 nitrogen and oxygen atoms in total. The van der Waals surface area contributed by atoms with Crippen LogP contribution in [0.3, 0.4) is 0 Å². The Morgan fingerprint density at radius 1 is 0.910 bits per heavy atom. The van der Waals surface area contributed by atoms with E-state index >= 15 is 0 Å². The van der Waals surface area contributed by atoms with Crippen LogP contribution in [0.5, 0.6) is 5.75 Å². The maximum atomic E-state index is 13.8. The van der Waals surface area contributed by atoms with E-state index in [0.717, 1.165) is 89.2 Å². The van der Waals surface area contributed by atoms with Crippen LogP contribution in [0.15, 0.2) is 67.5 Å². The van der Waals surface area contributed by atoms with Gasteiger partial charge in [-0.3, -0.25) is 43.9 Å². The fourth-order valence-corrected chi connectivity index (χ4v) is 9.41. The van der Waals surface area contributed by atoms with E-state index in [1.54, 1.807) is 36.4 Å². The highest BCUT2D eigenvalue weighted by Gasteiger charge is 2.45. The smallest absolute Gasteiger partial charge is 0.264 e. The number of halogens is 2. The van der Waals surface area contributed by atoms with E-state index < -0.39 is 41.4 Å². The number of piperidine rings is 2. The van der Waals surface area contributed by atoms with Gasteiger partial charge >= 0.3 is 0 Å². The van der Waals surface area contributed by atoms with Gasteiger partial charge in [0.1, 0.15) is 29.8 Å². The molecule has 3 aromatic carbocycles. The summed E-state index contributed by atoms with van der Waals surface area (Å²) in [5.41, 5.74) is 2.57. The van der Waals surface area contributed by atoms with Crippen LogP contribution >= 0.6 is 11.6 Å². The number of carbonyl (C=O) groups is 6. The van der Waals surface area contributed by atoms with Crippen molar-refractivity contribution in [1.82, 2.24) is 34.9 Å². The van der Waals surface area contributed by atoms with E-state index in [0.29, 0.717) is 65.1 Å². The number of nitrogens with zero attached hydrogens (tertiary/aromatic N) is 6. The number of hydrogen-bond acceptors (Lipinski definition) is 13. The van der Waals surface area contributed by atoms with Crippen LogP contribution in [-0.2, 0) is 19.2 Å². The van der Waals surface area contributed by atoms with Crippen LogP contribution in [0.4, 0.5) is 27.3 Å². The molecule has 3 fully saturated rings. The van der Waals surface area contributed by atoms with Gasteiger partial charge in [-0.05, 0) is 94.1 Å². The van der Waals surface area contributed by atoms with E-state index in [1.165, 1.54) is 24.5 Å². The fraction of sp³-hybridized carbons (Fsp3) is 0.417. The van der Waals surface area contributed by atoms with Crippen molar-refractivity contribution >= 4 is 80.8 Å². The monoisotopic (exact) mass is 936 g/mol. The number of unbranched alkanes of at least 4 members (excludes halogenated alkanes) is 2. The summed E-state index contributed by atoms with van der Waals surface area (Å²) in [6.45, 7) is 10.5. The number of nitrogens with one attached hydrogen (secondary N) is 4. The van der Waals surface area contributed by atoms with E-state index in [2.05, 4.69) is 47.6 Å². The Morgan fingerprint density at radius 2 is 1.72 bits per heavy atom.